The molecule has 1 atom stereocenters. The second-order valence-electron chi connectivity index (χ2n) is 17.1. The Hall–Kier alpha value is -2.89. The lowest BCUT2D eigenvalue weighted by molar-refractivity contribution is -0.167. The minimum atomic E-state index is -0.800. The Balaban J connectivity index is 4.47. The first-order chi connectivity index (χ1) is 30.0. The summed E-state index contributed by atoms with van der Waals surface area (Å²) >= 11 is 0. The lowest BCUT2D eigenvalue weighted by atomic mass is 10.1. The van der Waals surface area contributed by atoms with E-state index >= 15 is 0 Å². The van der Waals surface area contributed by atoms with Gasteiger partial charge in [-0.05, 0) is 103 Å². The number of esters is 3. The number of carbonyl (C=O) groups is 3. The Morgan fingerprint density at radius 2 is 0.607 bits per heavy atom. The van der Waals surface area contributed by atoms with Crippen molar-refractivity contribution in [1.82, 2.24) is 0 Å². The first kappa shape index (κ1) is 58.1. The van der Waals surface area contributed by atoms with Crippen molar-refractivity contribution in [3.05, 3.63) is 60.8 Å². The normalized spacial score (nSPS) is 12.5. The second kappa shape index (κ2) is 49.8. The molecule has 352 valence electrons. The van der Waals surface area contributed by atoms with Gasteiger partial charge in [-0.15, -0.1) is 0 Å². The van der Waals surface area contributed by atoms with E-state index in [4.69, 9.17) is 14.2 Å². The zero-order chi connectivity index (χ0) is 44.4. The van der Waals surface area contributed by atoms with Gasteiger partial charge in [-0.1, -0.05) is 191 Å². The Morgan fingerprint density at radius 1 is 0.328 bits per heavy atom. The first-order valence-electron chi connectivity index (χ1n) is 25.8. The molecule has 0 saturated carbocycles. The van der Waals surface area contributed by atoms with Crippen LogP contribution in [0.4, 0.5) is 0 Å². The van der Waals surface area contributed by atoms with E-state index in [1.807, 2.05) is 0 Å². The number of ether oxygens (including phenoxy) is 3. The van der Waals surface area contributed by atoms with Crippen LogP contribution in [0.15, 0.2) is 60.8 Å². The number of allylic oxidation sites excluding steroid dienone is 10. The fraction of sp³-hybridized carbons (Fsp3) is 0.764. The first-order valence-corrected chi connectivity index (χ1v) is 25.8. The molecule has 0 rings (SSSR count). The summed E-state index contributed by atoms with van der Waals surface area (Å²) in [6, 6.07) is 0. The van der Waals surface area contributed by atoms with Crippen molar-refractivity contribution in [2.75, 3.05) is 13.2 Å². The zero-order valence-corrected chi connectivity index (χ0v) is 40.2. The third kappa shape index (κ3) is 48.0. The Bertz CT molecular complexity index is 1120. The van der Waals surface area contributed by atoms with Crippen LogP contribution in [0, 0.1) is 0 Å². The van der Waals surface area contributed by atoms with E-state index in [1.54, 1.807) is 0 Å². The van der Waals surface area contributed by atoms with Gasteiger partial charge in [0.25, 0.3) is 0 Å². The molecule has 0 aliphatic carbocycles. The quantitative estimate of drug-likeness (QED) is 0.0263. The van der Waals surface area contributed by atoms with Crippen LogP contribution >= 0.6 is 0 Å². The van der Waals surface area contributed by atoms with E-state index < -0.39 is 6.10 Å². The SMILES string of the molecule is CCCCCC/C=C\CCCCCCCC(=O)OC[C@@H](COC(=O)CCC/C=C\C/C=C\C/C=C\CCCCCCCC)OC(=O)CCCCCCC/C=C\CCCCCC. The van der Waals surface area contributed by atoms with Gasteiger partial charge in [0.2, 0.25) is 0 Å². The minimum absolute atomic E-state index is 0.0973. The van der Waals surface area contributed by atoms with Crippen LogP contribution < -0.4 is 0 Å². The van der Waals surface area contributed by atoms with Gasteiger partial charge in [0.15, 0.2) is 6.10 Å². The molecule has 6 nitrogen and oxygen atoms in total. The summed E-state index contributed by atoms with van der Waals surface area (Å²) in [6.07, 6.45) is 60.6. The highest BCUT2D eigenvalue weighted by Crippen LogP contribution is 2.13. The second-order valence-corrected chi connectivity index (χ2v) is 17.1. The number of unbranched alkanes of at least 4 members (excludes halogenated alkanes) is 25. The van der Waals surface area contributed by atoms with Crippen molar-refractivity contribution in [1.29, 1.82) is 0 Å². The van der Waals surface area contributed by atoms with E-state index in [9.17, 15) is 14.4 Å². The van der Waals surface area contributed by atoms with Gasteiger partial charge in [0, 0.05) is 19.3 Å². The maximum Gasteiger partial charge on any atom is 0.306 e. The van der Waals surface area contributed by atoms with Crippen LogP contribution in [-0.2, 0) is 28.6 Å². The van der Waals surface area contributed by atoms with Crippen molar-refractivity contribution in [2.24, 2.45) is 0 Å². The highest BCUT2D eigenvalue weighted by atomic mass is 16.6. The summed E-state index contributed by atoms with van der Waals surface area (Å²) in [6.45, 7) is 6.54. The predicted molar refractivity (Wildman–Crippen MR) is 261 cm³/mol. The molecule has 0 radical (unpaired) electrons. The molecular formula is C55H96O6. The number of rotatable bonds is 46. The molecule has 0 unspecified atom stereocenters. The third-order valence-corrected chi connectivity index (χ3v) is 11.0. The highest BCUT2D eigenvalue weighted by Gasteiger charge is 2.19. The molecule has 0 aromatic heterocycles. The molecule has 0 N–H and O–H groups in total. The summed E-state index contributed by atoms with van der Waals surface area (Å²) < 4.78 is 16.7. The Kier molecular flexibility index (Phi) is 47.4. The van der Waals surface area contributed by atoms with Crippen molar-refractivity contribution in [3.8, 4) is 0 Å². The molecule has 0 saturated heterocycles. The summed E-state index contributed by atoms with van der Waals surface area (Å²) in [5, 5.41) is 0. The zero-order valence-electron chi connectivity index (χ0n) is 40.2. The van der Waals surface area contributed by atoms with E-state index in [1.165, 1.54) is 128 Å². The van der Waals surface area contributed by atoms with Crippen LogP contribution in [0.5, 0.6) is 0 Å². The topological polar surface area (TPSA) is 78.9 Å². The molecule has 0 amide bonds. The van der Waals surface area contributed by atoms with E-state index in [0.717, 1.165) is 77.0 Å². The standard InChI is InChI=1S/C55H96O6/c1-4-7-10-13-16-19-22-25-26-27-28-31-33-36-39-42-45-48-54(57)60-51-52(61-55(58)49-46-43-40-37-34-30-24-21-18-15-12-9-6-3)50-59-53(56)47-44-41-38-35-32-29-23-20-17-14-11-8-5-2/h20-21,23-26,28,31,36,39,52H,4-19,22,27,29-30,32-35,37-38,40-51H2,1-3H3/b23-20-,24-21-,26-25-,31-28-,39-36-/t52-/m0/s1. The predicted octanol–water partition coefficient (Wildman–Crippen LogP) is 16.9. The summed E-state index contributed by atoms with van der Waals surface area (Å²) in [5.41, 5.74) is 0. The van der Waals surface area contributed by atoms with Crippen LogP contribution in [0.2, 0.25) is 0 Å². The molecule has 0 aromatic rings. The van der Waals surface area contributed by atoms with Gasteiger partial charge in [0.05, 0.1) is 0 Å². The fourth-order valence-electron chi connectivity index (χ4n) is 7.03. The molecule has 0 aliphatic heterocycles. The van der Waals surface area contributed by atoms with Crippen molar-refractivity contribution < 1.29 is 28.6 Å². The van der Waals surface area contributed by atoms with Crippen LogP contribution in [-0.4, -0.2) is 37.2 Å². The molecule has 61 heavy (non-hydrogen) atoms. The maximum atomic E-state index is 12.8. The molecule has 0 spiro atoms. The lowest BCUT2D eigenvalue weighted by Gasteiger charge is -2.18. The summed E-state index contributed by atoms with van der Waals surface area (Å²) in [5.74, 6) is -0.966. The van der Waals surface area contributed by atoms with Crippen LogP contribution in [0.25, 0.3) is 0 Å². The van der Waals surface area contributed by atoms with Gasteiger partial charge < -0.3 is 14.2 Å². The highest BCUT2D eigenvalue weighted by molar-refractivity contribution is 5.71. The van der Waals surface area contributed by atoms with E-state index in [2.05, 4.69) is 81.5 Å². The van der Waals surface area contributed by atoms with Gasteiger partial charge in [-0.3, -0.25) is 14.4 Å². The molecule has 0 heterocycles. The summed E-state index contributed by atoms with van der Waals surface area (Å²) in [4.78, 5) is 37.9. The molecule has 0 fully saturated rings. The van der Waals surface area contributed by atoms with Crippen molar-refractivity contribution >= 4 is 17.9 Å². The van der Waals surface area contributed by atoms with Crippen LogP contribution in [0.3, 0.4) is 0 Å². The summed E-state index contributed by atoms with van der Waals surface area (Å²) in [7, 11) is 0. The monoisotopic (exact) mass is 853 g/mol. The number of carbonyl (C=O) groups excluding carboxylic acids is 3. The van der Waals surface area contributed by atoms with Crippen molar-refractivity contribution in [2.45, 2.75) is 258 Å². The fourth-order valence-corrected chi connectivity index (χ4v) is 7.03. The molecule has 0 aliphatic rings. The Morgan fingerprint density at radius 3 is 1.02 bits per heavy atom. The average molecular weight is 853 g/mol. The van der Waals surface area contributed by atoms with Gasteiger partial charge >= 0.3 is 17.9 Å². The largest absolute Gasteiger partial charge is 0.462 e. The maximum absolute atomic E-state index is 12.8. The van der Waals surface area contributed by atoms with Crippen LogP contribution in [0.1, 0.15) is 252 Å². The minimum Gasteiger partial charge on any atom is -0.462 e. The smallest absolute Gasteiger partial charge is 0.306 e. The molecular weight excluding hydrogens is 757 g/mol. The van der Waals surface area contributed by atoms with Gasteiger partial charge in [0.1, 0.15) is 13.2 Å². The third-order valence-electron chi connectivity index (χ3n) is 11.0. The van der Waals surface area contributed by atoms with Crippen molar-refractivity contribution in [3.63, 3.8) is 0 Å². The van der Waals surface area contributed by atoms with Gasteiger partial charge in [-0.2, -0.15) is 0 Å². The lowest BCUT2D eigenvalue weighted by Crippen LogP contribution is -2.30. The molecule has 0 aromatic carbocycles. The van der Waals surface area contributed by atoms with Gasteiger partial charge in [-0.25, -0.2) is 0 Å². The average Bonchev–Trinajstić information content (AvgIpc) is 3.26. The van der Waals surface area contributed by atoms with E-state index in [0.29, 0.717) is 19.3 Å². The molecule has 6 heteroatoms. The van der Waals surface area contributed by atoms with E-state index in [-0.39, 0.29) is 37.5 Å². The number of hydrogen-bond donors (Lipinski definition) is 0. The number of hydrogen-bond acceptors (Lipinski definition) is 6. The molecule has 0 bridgehead atoms. The Labute approximate surface area is 377 Å².